The molecule has 3 N–H and O–H groups in total. The summed E-state index contributed by atoms with van der Waals surface area (Å²) in [6.45, 7) is 6.01. The van der Waals surface area contributed by atoms with Crippen LogP contribution >= 0.6 is 24.0 Å². The maximum atomic E-state index is 12.0. The van der Waals surface area contributed by atoms with Gasteiger partial charge in [-0.15, -0.1) is 24.0 Å². The van der Waals surface area contributed by atoms with Crippen molar-refractivity contribution in [3.05, 3.63) is 48.3 Å². The molecule has 0 spiro atoms. The van der Waals surface area contributed by atoms with Gasteiger partial charge in [0.05, 0.1) is 25.8 Å². The van der Waals surface area contributed by atoms with E-state index in [1.165, 1.54) is 6.20 Å². The third-order valence-corrected chi connectivity index (χ3v) is 3.66. The first kappa shape index (κ1) is 24.5. The number of nitrogens with zero attached hydrogens (tertiary/aromatic N) is 2. The van der Waals surface area contributed by atoms with Crippen LogP contribution in [0.15, 0.2) is 47.7 Å². The molecule has 0 saturated heterocycles. The van der Waals surface area contributed by atoms with Crippen LogP contribution in [0.1, 0.15) is 24.2 Å². The average molecular weight is 513 g/mol. The van der Waals surface area contributed by atoms with Crippen molar-refractivity contribution in [2.75, 3.05) is 38.7 Å². The number of hydrogen-bond acceptors (Lipinski definition) is 5. The molecular weight excluding hydrogens is 485 g/mol. The molecule has 0 atom stereocenters. The summed E-state index contributed by atoms with van der Waals surface area (Å²) < 4.78 is 10.9. The molecule has 0 aliphatic rings. The standard InChI is InChI=1S/C20H27N5O3.HI/c1-4-22-20(24-12-11-23-19(26)15-7-6-10-21-14-15)25-16-8-9-17(27-3)18(13-16)28-5-2;/h6-10,13-14H,4-5,11-12H2,1-3H3,(H,23,26)(H2,22,24,25);1H. The number of hydrogen-bond donors (Lipinski definition) is 3. The molecule has 1 heterocycles. The van der Waals surface area contributed by atoms with E-state index in [0.717, 1.165) is 5.69 Å². The largest absolute Gasteiger partial charge is 0.493 e. The van der Waals surface area contributed by atoms with Crippen LogP contribution in [0.2, 0.25) is 0 Å². The van der Waals surface area contributed by atoms with Crippen molar-refractivity contribution >= 4 is 41.5 Å². The van der Waals surface area contributed by atoms with E-state index in [1.807, 2.05) is 32.0 Å². The lowest BCUT2D eigenvalue weighted by Crippen LogP contribution is -2.32. The highest BCUT2D eigenvalue weighted by atomic mass is 127. The fraction of sp³-hybridized carbons (Fsp3) is 0.350. The lowest BCUT2D eigenvalue weighted by molar-refractivity contribution is 0.0954. The molecule has 1 aromatic heterocycles. The molecule has 2 rings (SSSR count). The van der Waals surface area contributed by atoms with E-state index in [-0.39, 0.29) is 29.9 Å². The van der Waals surface area contributed by atoms with Gasteiger partial charge in [-0.2, -0.15) is 0 Å². The molecule has 1 amide bonds. The molecule has 0 aliphatic heterocycles. The molecular formula is C20H28IN5O3. The average Bonchev–Trinajstić information content (AvgIpc) is 2.72. The number of anilines is 1. The van der Waals surface area contributed by atoms with Gasteiger partial charge in [0.1, 0.15) is 0 Å². The van der Waals surface area contributed by atoms with E-state index >= 15 is 0 Å². The first-order chi connectivity index (χ1) is 13.7. The van der Waals surface area contributed by atoms with Gasteiger partial charge in [-0.3, -0.25) is 14.8 Å². The summed E-state index contributed by atoms with van der Waals surface area (Å²) in [7, 11) is 1.61. The van der Waals surface area contributed by atoms with E-state index in [4.69, 9.17) is 9.47 Å². The van der Waals surface area contributed by atoms with Crippen molar-refractivity contribution in [1.82, 2.24) is 15.6 Å². The molecule has 2 aromatic rings. The Kier molecular flexibility index (Phi) is 11.5. The monoisotopic (exact) mass is 513 g/mol. The number of amides is 1. The van der Waals surface area contributed by atoms with Crippen molar-refractivity contribution in [3.63, 3.8) is 0 Å². The zero-order chi connectivity index (χ0) is 20.2. The van der Waals surface area contributed by atoms with E-state index in [1.54, 1.807) is 25.4 Å². The Morgan fingerprint density at radius 2 is 2.00 bits per heavy atom. The SMILES string of the molecule is CCNC(=NCCNC(=O)c1cccnc1)Nc1ccc(OC)c(OCC)c1.I. The number of carbonyl (C=O) groups excluding carboxylic acids is 1. The van der Waals surface area contributed by atoms with E-state index in [0.29, 0.717) is 49.3 Å². The molecule has 8 nitrogen and oxygen atoms in total. The number of nitrogens with one attached hydrogen (secondary N) is 3. The molecule has 0 fully saturated rings. The Labute approximate surface area is 188 Å². The molecule has 9 heteroatoms. The number of carbonyl (C=O) groups is 1. The fourth-order valence-corrected chi connectivity index (χ4v) is 2.40. The van der Waals surface area contributed by atoms with Crippen LogP contribution in [0, 0.1) is 0 Å². The van der Waals surface area contributed by atoms with Gasteiger partial charge in [-0.1, -0.05) is 0 Å². The number of halogens is 1. The van der Waals surface area contributed by atoms with Crippen LogP contribution in [0.4, 0.5) is 5.69 Å². The van der Waals surface area contributed by atoms with Crippen molar-refractivity contribution in [2.24, 2.45) is 4.99 Å². The highest BCUT2D eigenvalue weighted by molar-refractivity contribution is 14.0. The van der Waals surface area contributed by atoms with Gasteiger partial charge in [0, 0.05) is 37.2 Å². The van der Waals surface area contributed by atoms with E-state index in [2.05, 4.69) is 25.9 Å². The Hall–Kier alpha value is -2.56. The Bertz CT molecular complexity index is 787. The van der Waals surface area contributed by atoms with Crippen molar-refractivity contribution in [3.8, 4) is 11.5 Å². The fourth-order valence-electron chi connectivity index (χ4n) is 2.40. The zero-order valence-corrected chi connectivity index (χ0v) is 19.2. The summed E-state index contributed by atoms with van der Waals surface area (Å²) in [5, 5.41) is 9.23. The van der Waals surface area contributed by atoms with E-state index in [9.17, 15) is 4.79 Å². The van der Waals surface area contributed by atoms with E-state index < -0.39 is 0 Å². The first-order valence-corrected chi connectivity index (χ1v) is 9.22. The molecule has 158 valence electrons. The third-order valence-electron chi connectivity index (χ3n) is 3.66. The first-order valence-electron chi connectivity index (χ1n) is 9.22. The van der Waals surface area contributed by atoms with Gasteiger partial charge in [-0.25, -0.2) is 0 Å². The highest BCUT2D eigenvalue weighted by Crippen LogP contribution is 2.30. The summed E-state index contributed by atoms with van der Waals surface area (Å²) in [6.07, 6.45) is 3.16. The van der Waals surface area contributed by atoms with Crippen LogP contribution in [0.3, 0.4) is 0 Å². The van der Waals surface area contributed by atoms with Gasteiger partial charge < -0.3 is 25.4 Å². The second kappa shape index (κ2) is 13.6. The van der Waals surface area contributed by atoms with Gasteiger partial charge >= 0.3 is 0 Å². The topological polar surface area (TPSA) is 96.9 Å². The molecule has 0 saturated carbocycles. The molecule has 0 unspecified atom stereocenters. The molecule has 1 aromatic carbocycles. The van der Waals surface area contributed by atoms with Crippen LogP contribution in [-0.4, -0.2) is 50.2 Å². The minimum Gasteiger partial charge on any atom is -0.493 e. The second-order valence-electron chi connectivity index (χ2n) is 5.68. The summed E-state index contributed by atoms with van der Waals surface area (Å²) in [5.74, 6) is 1.78. The third kappa shape index (κ3) is 8.14. The number of methoxy groups -OCH3 is 1. The lowest BCUT2D eigenvalue weighted by atomic mass is 10.2. The Morgan fingerprint density at radius 1 is 1.17 bits per heavy atom. The van der Waals surface area contributed by atoms with Crippen LogP contribution in [0.25, 0.3) is 0 Å². The Morgan fingerprint density at radius 3 is 2.66 bits per heavy atom. The van der Waals surface area contributed by atoms with Crippen molar-refractivity contribution in [1.29, 1.82) is 0 Å². The zero-order valence-electron chi connectivity index (χ0n) is 16.9. The number of aliphatic imine (C=N–C) groups is 1. The molecule has 0 radical (unpaired) electrons. The van der Waals surface area contributed by atoms with Crippen LogP contribution < -0.4 is 25.4 Å². The highest BCUT2D eigenvalue weighted by Gasteiger charge is 2.07. The summed E-state index contributed by atoms with van der Waals surface area (Å²) in [6, 6.07) is 9.03. The maximum Gasteiger partial charge on any atom is 0.252 e. The normalized spacial score (nSPS) is 10.5. The predicted molar refractivity (Wildman–Crippen MR) is 126 cm³/mol. The Balaban J connectivity index is 0.00000420. The van der Waals surface area contributed by atoms with Crippen molar-refractivity contribution in [2.45, 2.75) is 13.8 Å². The summed E-state index contributed by atoms with van der Waals surface area (Å²) in [4.78, 5) is 20.4. The maximum absolute atomic E-state index is 12.0. The minimum atomic E-state index is -0.169. The smallest absolute Gasteiger partial charge is 0.252 e. The second-order valence-corrected chi connectivity index (χ2v) is 5.68. The summed E-state index contributed by atoms with van der Waals surface area (Å²) >= 11 is 0. The van der Waals surface area contributed by atoms with Gasteiger partial charge in [-0.05, 0) is 38.1 Å². The van der Waals surface area contributed by atoms with Crippen LogP contribution in [0.5, 0.6) is 11.5 Å². The van der Waals surface area contributed by atoms with Gasteiger partial charge in [0.25, 0.3) is 5.91 Å². The molecule has 0 aliphatic carbocycles. The van der Waals surface area contributed by atoms with Crippen molar-refractivity contribution < 1.29 is 14.3 Å². The summed E-state index contributed by atoms with van der Waals surface area (Å²) in [5.41, 5.74) is 1.35. The number of pyridine rings is 1. The van der Waals surface area contributed by atoms with Gasteiger partial charge in [0.2, 0.25) is 0 Å². The lowest BCUT2D eigenvalue weighted by Gasteiger charge is -2.14. The number of ether oxygens (including phenoxy) is 2. The number of rotatable bonds is 9. The van der Waals surface area contributed by atoms with Crippen LogP contribution in [-0.2, 0) is 0 Å². The number of benzene rings is 1. The molecule has 0 bridgehead atoms. The van der Waals surface area contributed by atoms with Gasteiger partial charge in [0.15, 0.2) is 17.5 Å². The predicted octanol–water partition coefficient (Wildman–Crippen LogP) is 2.91. The quantitative estimate of drug-likeness (QED) is 0.207. The minimum absolute atomic E-state index is 0. The number of guanidine groups is 1. The molecule has 29 heavy (non-hydrogen) atoms. The number of aromatic nitrogens is 1.